The van der Waals surface area contributed by atoms with E-state index in [1.807, 2.05) is 18.2 Å². The SMILES string of the molecule is CCCCNC(=O)C1[C@H](O[Si](C)(C)C(C)(C)C)[C@@H](O[Si](C)(C)C(C)(C)C)CN1C(=O)c1ccccc1. The molecule has 2 rings (SSSR count). The molecule has 1 fully saturated rings. The van der Waals surface area contributed by atoms with Gasteiger partial charge in [-0.15, -0.1) is 0 Å². The number of carbonyl (C=O) groups is 2. The minimum Gasteiger partial charge on any atom is -0.409 e. The third kappa shape index (κ3) is 7.08. The molecule has 1 aromatic rings. The van der Waals surface area contributed by atoms with E-state index in [1.54, 1.807) is 17.0 Å². The Morgan fingerprint density at radius 1 is 0.944 bits per heavy atom. The Labute approximate surface area is 221 Å². The van der Waals surface area contributed by atoms with Gasteiger partial charge in [0, 0.05) is 18.7 Å². The molecule has 3 atom stereocenters. The first kappa shape index (κ1) is 30.7. The minimum atomic E-state index is -2.28. The van der Waals surface area contributed by atoms with Gasteiger partial charge >= 0.3 is 0 Å². The molecule has 2 amide bonds. The quantitative estimate of drug-likeness (QED) is 0.302. The van der Waals surface area contributed by atoms with Gasteiger partial charge in [0.2, 0.25) is 5.91 Å². The largest absolute Gasteiger partial charge is 0.409 e. The van der Waals surface area contributed by atoms with Crippen LogP contribution in [0.15, 0.2) is 30.3 Å². The number of amides is 2. The summed E-state index contributed by atoms with van der Waals surface area (Å²) in [5.74, 6) is -0.311. The van der Waals surface area contributed by atoms with E-state index in [0.717, 1.165) is 12.8 Å². The average Bonchev–Trinajstić information content (AvgIpc) is 3.09. The smallest absolute Gasteiger partial charge is 0.254 e. The van der Waals surface area contributed by atoms with E-state index in [2.05, 4.69) is 80.0 Å². The van der Waals surface area contributed by atoms with Crippen molar-refractivity contribution in [2.45, 2.75) is 116 Å². The highest BCUT2D eigenvalue weighted by Gasteiger charge is 2.55. The van der Waals surface area contributed by atoms with Crippen LogP contribution >= 0.6 is 0 Å². The van der Waals surface area contributed by atoms with Crippen molar-refractivity contribution in [3.63, 3.8) is 0 Å². The summed E-state index contributed by atoms with van der Waals surface area (Å²) in [6.45, 7) is 25.1. The van der Waals surface area contributed by atoms with Crippen LogP contribution in [0.4, 0.5) is 0 Å². The average molecular weight is 535 g/mol. The first-order valence-corrected chi connectivity index (χ1v) is 19.2. The van der Waals surface area contributed by atoms with Crippen LogP contribution in [0, 0.1) is 0 Å². The van der Waals surface area contributed by atoms with Crippen molar-refractivity contribution in [3.05, 3.63) is 35.9 Å². The second-order valence-electron chi connectivity index (χ2n) is 13.2. The number of rotatable bonds is 9. The Bertz CT molecular complexity index is 891. The van der Waals surface area contributed by atoms with Crippen molar-refractivity contribution in [2.75, 3.05) is 13.1 Å². The lowest BCUT2D eigenvalue weighted by Gasteiger charge is -2.43. The third-order valence-electron chi connectivity index (χ3n) is 8.26. The van der Waals surface area contributed by atoms with Gasteiger partial charge in [-0.3, -0.25) is 9.59 Å². The molecular formula is C28H50N2O4Si2. The van der Waals surface area contributed by atoms with Crippen LogP contribution in [0.5, 0.6) is 0 Å². The summed E-state index contributed by atoms with van der Waals surface area (Å²) in [5, 5.41) is 3.03. The maximum Gasteiger partial charge on any atom is 0.254 e. The number of nitrogens with one attached hydrogen (secondary N) is 1. The third-order valence-corrected chi connectivity index (χ3v) is 17.2. The van der Waals surface area contributed by atoms with Gasteiger partial charge in [-0.25, -0.2) is 0 Å². The van der Waals surface area contributed by atoms with Crippen LogP contribution in [-0.4, -0.2) is 64.7 Å². The van der Waals surface area contributed by atoms with Crippen LogP contribution in [0.2, 0.25) is 36.3 Å². The summed E-state index contributed by atoms with van der Waals surface area (Å²) in [6.07, 6.45) is 0.991. The molecule has 1 unspecified atom stereocenters. The number of likely N-dealkylation sites (tertiary alicyclic amines) is 1. The minimum absolute atomic E-state index is 0.00966. The van der Waals surface area contributed by atoms with Gasteiger partial charge in [0.15, 0.2) is 16.6 Å². The summed E-state index contributed by atoms with van der Waals surface area (Å²) in [4.78, 5) is 29.2. The molecule has 0 aliphatic carbocycles. The van der Waals surface area contributed by atoms with Crippen molar-refractivity contribution < 1.29 is 18.4 Å². The molecule has 1 N–H and O–H groups in total. The predicted molar refractivity (Wildman–Crippen MR) is 153 cm³/mol. The van der Waals surface area contributed by atoms with E-state index >= 15 is 0 Å². The van der Waals surface area contributed by atoms with Gasteiger partial charge < -0.3 is 19.1 Å². The molecule has 0 aromatic heterocycles. The number of hydrogen-bond acceptors (Lipinski definition) is 4. The fourth-order valence-electron chi connectivity index (χ4n) is 3.85. The van der Waals surface area contributed by atoms with Crippen LogP contribution in [0.1, 0.15) is 71.7 Å². The van der Waals surface area contributed by atoms with E-state index in [9.17, 15) is 9.59 Å². The summed E-state index contributed by atoms with van der Waals surface area (Å²) < 4.78 is 13.9. The van der Waals surface area contributed by atoms with Crippen LogP contribution in [0.25, 0.3) is 0 Å². The number of hydrogen-bond donors (Lipinski definition) is 1. The molecule has 1 saturated heterocycles. The molecule has 0 radical (unpaired) electrons. The van der Waals surface area contributed by atoms with Gasteiger partial charge in [0.1, 0.15) is 12.1 Å². The van der Waals surface area contributed by atoms with Crippen molar-refractivity contribution >= 4 is 28.4 Å². The Balaban J connectivity index is 2.56. The molecule has 36 heavy (non-hydrogen) atoms. The van der Waals surface area contributed by atoms with Crippen molar-refractivity contribution in [1.29, 1.82) is 0 Å². The second-order valence-corrected chi connectivity index (χ2v) is 22.7. The molecule has 1 aliphatic heterocycles. The standard InChI is InChI=1S/C28H50N2O4Si2/c1-12-13-19-29-25(31)23-24(34-36(10,11)28(5,6)7)22(33-35(8,9)27(2,3)4)20-30(23)26(32)21-17-15-14-16-18-21/h14-18,22-24H,12-13,19-20H2,1-11H3,(H,29,31)/t22-,23?,24+/m0/s1. The van der Waals surface area contributed by atoms with E-state index in [0.29, 0.717) is 18.7 Å². The lowest BCUT2D eigenvalue weighted by molar-refractivity contribution is -0.127. The summed E-state index contributed by atoms with van der Waals surface area (Å²) in [7, 11) is -4.49. The van der Waals surface area contributed by atoms with Crippen molar-refractivity contribution in [1.82, 2.24) is 10.2 Å². The zero-order valence-electron chi connectivity index (χ0n) is 24.5. The van der Waals surface area contributed by atoms with Gasteiger partial charge in [0.25, 0.3) is 5.91 Å². The Morgan fingerprint density at radius 3 is 1.97 bits per heavy atom. The van der Waals surface area contributed by atoms with Crippen molar-refractivity contribution in [3.8, 4) is 0 Å². The maximum absolute atomic E-state index is 13.8. The van der Waals surface area contributed by atoms with E-state index in [4.69, 9.17) is 8.85 Å². The molecule has 8 heteroatoms. The molecule has 1 aromatic carbocycles. The first-order chi connectivity index (χ1) is 16.4. The molecule has 6 nitrogen and oxygen atoms in total. The molecular weight excluding hydrogens is 484 g/mol. The van der Waals surface area contributed by atoms with Crippen LogP contribution in [0.3, 0.4) is 0 Å². The van der Waals surface area contributed by atoms with Gasteiger partial charge in [0.05, 0.1) is 6.10 Å². The van der Waals surface area contributed by atoms with Crippen LogP contribution < -0.4 is 5.32 Å². The molecule has 1 heterocycles. The van der Waals surface area contributed by atoms with Crippen LogP contribution in [-0.2, 0) is 13.6 Å². The number of benzene rings is 1. The van der Waals surface area contributed by atoms with Gasteiger partial charge in [-0.1, -0.05) is 73.1 Å². The summed E-state index contributed by atoms with van der Waals surface area (Å²) >= 11 is 0. The Hall–Kier alpha value is -1.49. The fourth-order valence-corrected chi connectivity index (χ4v) is 6.48. The maximum atomic E-state index is 13.8. The highest BCUT2D eigenvalue weighted by Crippen LogP contribution is 2.43. The summed E-state index contributed by atoms with van der Waals surface area (Å²) in [6, 6.07) is 8.47. The topological polar surface area (TPSA) is 67.9 Å². The van der Waals surface area contributed by atoms with Gasteiger partial charge in [-0.05, 0) is 54.8 Å². The monoisotopic (exact) mass is 534 g/mol. The first-order valence-electron chi connectivity index (χ1n) is 13.4. The Morgan fingerprint density at radius 2 is 1.47 bits per heavy atom. The molecule has 204 valence electrons. The zero-order chi connectivity index (χ0) is 27.5. The highest BCUT2D eigenvalue weighted by molar-refractivity contribution is 6.74. The zero-order valence-corrected chi connectivity index (χ0v) is 26.5. The molecule has 1 aliphatic rings. The predicted octanol–water partition coefficient (Wildman–Crippen LogP) is 6.21. The summed E-state index contributed by atoms with van der Waals surface area (Å²) in [5.41, 5.74) is 0.572. The van der Waals surface area contributed by atoms with E-state index in [-0.39, 0.29) is 28.0 Å². The number of carbonyl (C=O) groups excluding carboxylic acids is 2. The van der Waals surface area contributed by atoms with Crippen molar-refractivity contribution in [2.24, 2.45) is 0 Å². The normalized spacial score (nSPS) is 21.5. The van der Waals surface area contributed by atoms with Gasteiger partial charge in [-0.2, -0.15) is 0 Å². The number of nitrogens with zero attached hydrogens (tertiary/aromatic N) is 1. The lowest BCUT2D eigenvalue weighted by atomic mass is 10.1. The molecule has 0 saturated carbocycles. The fraction of sp³-hybridized carbons (Fsp3) is 0.714. The molecule has 0 spiro atoms. The Kier molecular flexibility index (Phi) is 9.82. The highest BCUT2D eigenvalue weighted by atomic mass is 28.4. The van der Waals surface area contributed by atoms with E-state index < -0.39 is 28.8 Å². The molecule has 0 bridgehead atoms. The van der Waals surface area contributed by atoms with E-state index in [1.165, 1.54) is 0 Å². The lowest BCUT2D eigenvalue weighted by Crippen LogP contribution is -2.56. The number of unbranched alkanes of at least 4 members (excludes halogenated alkanes) is 1. The second kappa shape index (κ2) is 11.5.